The van der Waals surface area contributed by atoms with E-state index in [1.54, 1.807) is 0 Å². The third-order valence-corrected chi connectivity index (χ3v) is 4.56. The van der Waals surface area contributed by atoms with Gasteiger partial charge in [-0.1, -0.05) is 12.8 Å². The summed E-state index contributed by atoms with van der Waals surface area (Å²) in [5.41, 5.74) is 7.36. The van der Waals surface area contributed by atoms with Crippen LogP contribution in [0.2, 0.25) is 0 Å². The number of nitrogens with zero attached hydrogens (tertiary/aromatic N) is 2. The summed E-state index contributed by atoms with van der Waals surface area (Å²) < 4.78 is 0. The first kappa shape index (κ1) is 12.5. The molecule has 4 heteroatoms. The third-order valence-electron chi connectivity index (χ3n) is 4.56. The number of hydrogen-bond acceptors (Lipinski definition) is 3. The molecule has 0 aromatic carbocycles. The normalized spacial score (nSPS) is 26.3. The fourth-order valence-electron chi connectivity index (χ4n) is 3.64. The van der Waals surface area contributed by atoms with Gasteiger partial charge in [0.1, 0.15) is 11.7 Å². The van der Waals surface area contributed by atoms with Crippen molar-refractivity contribution in [3.63, 3.8) is 0 Å². The van der Waals surface area contributed by atoms with E-state index >= 15 is 0 Å². The number of nitrogen functional groups attached to an aromatic ring is 1. The Balaban J connectivity index is 1.91. The molecular weight excluding hydrogens is 236 g/mol. The summed E-state index contributed by atoms with van der Waals surface area (Å²) in [5.74, 6) is 1.99. The molecule has 0 bridgehead atoms. The summed E-state index contributed by atoms with van der Waals surface area (Å²) in [6.45, 7) is 3.08. The van der Waals surface area contributed by atoms with Gasteiger partial charge in [-0.05, 0) is 44.2 Å². The Labute approximate surface area is 114 Å². The van der Waals surface area contributed by atoms with Crippen LogP contribution >= 0.6 is 0 Å². The van der Waals surface area contributed by atoms with Gasteiger partial charge >= 0.3 is 0 Å². The van der Waals surface area contributed by atoms with Crippen molar-refractivity contribution in [2.45, 2.75) is 45.1 Å². The average molecular weight is 258 g/mol. The zero-order valence-corrected chi connectivity index (χ0v) is 11.5. The first-order chi connectivity index (χ1) is 9.15. The molecule has 0 spiro atoms. The molecule has 2 unspecified atom stereocenters. The van der Waals surface area contributed by atoms with Gasteiger partial charge in [0.15, 0.2) is 0 Å². The fourth-order valence-corrected chi connectivity index (χ4v) is 3.64. The zero-order valence-electron chi connectivity index (χ0n) is 11.5. The van der Waals surface area contributed by atoms with E-state index in [-0.39, 0.29) is 5.84 Å². The maximum absolute atomic E-state index is 7.61. The molecular formula is C15H22N4. The van der Waals surface area contributed by atoms with Gasteiger partial charge in [-0.3, -0.25) is 5.41 Å². The summed E-state index contributed by atoms with van der Waals surface area (Å²) >= 11 is 0. The lowest BCUT2D eigenvalue weighted by molar-refractivity contribution is 0.341. The molecule has 1 saturated carbocycles. The number of aryl methyl sites for hydroxylation is 1. The highest BCUT2D eigenvalue weighted by Crippen LogP contribution is 2.38. The summed E-state index contributed by atoms with van der Waals surface area (Å²) in [7, 11) is 0. The lowest BCUT2D eigenvalue weighted by Gasteiger charge is -2.32. The van der Waals surface area contributed by atoms with Crippen molar-refractivity contribution in [2.24, 2.45) is 11.7 Å². The molecule has 3 rings (SSSR count). The molecule has 1 aliphatic heterocycles. The quantitative estimate of drug-likeness (QED) is 0.632. The molecule has 2 heterocycles. The van der Waals surface area contributed by atoms with Crippen LogP contribution < -0.4 is 10.6 Å². The number of pyridine rings is 1. The summed E-state index contributed by atoms with van der Waals surface area (Å²) in [6.07, 6.45) is 6.66. The maximum Gasteiger partial charge on any atom is 0.129 e. The molecule has 2 fully saturated rings. The van der Waals surface area contributed by atoms with E-state index in [4.69, 9.17) is 11.1 Å². The predicted octanol–water partition coefficient (Wildman–Crippen LogP) is 2.44. The first-order valence-corrected chi connectivity index (χ1v) is 7.25. The fraction of sp³-hybridized carbons (Fsp3) is 0.600. The van der Waals surface area contributed by atoms with E-state index in [1.807, 2.05) is 19.1 Å². The number of nitrogens with two attached hydrogens (primary N) is 1. The van der Waals surface area contributed by atoms with Crippen LogP contribution in [0.5, 0.6) is 0 Å². The highest BCUT2D eigenvalue weighted by atomic mass is 15.2. The Morgan fingerprint density at radius 2 is 2.11 bits per heavy atom. The number of nitrogens with one attached hydrogen (secondary N) is 1. The second-order valence-corrected chi connectivity index (χ2v) is 5.86. The minimum atomic E-state index is 0.131. The molecule has 19 heavy (non-hydrogen) atoms. The molecule has 2 aliphatic rings. The molecule has 102 valence electrons. The van der Waals surface area contributed by atoms with Crippen molar-refractivity contribution in [3.05, 3.63) is 23.4 Å². The van der Waals surface area contributed by atoms with Gasteiger partial charge in [-0.25, -0.2) is 4.98 Å². The van der Waals surface area contributed by atoms with Gasteiger partial charge in [0.05, 0.1) is 0 Å². The van der Waals surface area contributed by atoms with E-state index in [2.05, 4.69) is 9.88 Å². The molecule has 1 aliphatic carbocycles. The second-order valence-electron chi connectivity index (χ2n) is 5.86. The van der Waals surface area contributed by atoms with E-state index in [0.717, 1.165) is 29.5 Å². The summed E-state index contributed by atoms with van der Waals surface area (Å²) in [4.78, 5) is 7.11. The van der Waals surface area contributed by atoms with Crippen molar-refractivity contribution in [1.82, 2.24) is 4.98 Å². The van der Waals surface area contributed by atoms with E-state index in [9.17, 15) is 0 Å². The Hall–Kier alpha value is -1.58. The second kappa shape index (κ2) is 4.83. The predicted molar refractivity (Wildman–Crippen MR) is 77.7 cm³/mol. The highest BCUT2D eigenvalue weighted by molar-refractivity contribution is 5.95. The average Bonchev–Trinajstić information content (AvgIpc) is 2.81. The third kappa shape index (κ3) is 2.31. The molecule has 1 aromatic rings. The van der Waals surface area contributed by atoms with E-state index in [1.165, 1.54) is 32.1 Å². The van der Waals surface area contributed by atoms with Gasteiger partial charge in [-0.15, -0.1) is 0 Å². The maximum atomic E-state index is 7.61. The monoisotopic (exact) mass is 258 g/mol. The van der Waals surface area contributed by atoms with Crippen molar-refractivity contribution in [2.75, 3.05) is 11.4 Å². The topological polar surface area (TPSA) is 66.0 Å². The van der Waals surface area contributed by atoms with Crippen molar-refractivity contribution in [3.8, 4) is 0 Å². The summed E-state index contributed by atoms with van der Waals surface area (Å²) in [6, 6.07) is 4.52. The van der Waals surface area contributed by atoms with Crippen molar-refractivity contribution in [1.29, 1.82) is 5.41 Å². The van der Waals surface area contributed by atoms with Gasteiger partial charge in [0.2, 0.25) is 0 Å². The van der Waals surface area contributed by atoms with Crippen LogP contribution in [-0.2, 0) is 0 Å². The lowest BCUT2D eigenvalue weighted by atomic mass is 9.85. The van der Waals surface area contributed by atoms with E-state index in [0.29, 0.717) is 6.04 Å². The van der Waals surface area contributed by atoms with E-state index < -0.39 is 0 Å². The number of anilines is 1. The number of hydrogen-bond donors (Lipinski definition) is 2. The standard InChI is InChI=1S/C15H22N4/c1-10-8-12(15(16)17)9-14(18-10)19-7-6-11-4-2-3-5-13(11)19/h8-9,11,13H,2-7H2,1H3,(H3,16,17). The van der Waals surface area contributed by atoms with Crippen LogP contribution in [0.4, 0.5) is 5.82 Å². The highest BCUT2D eigenvalue weighted by Gasteiger charge is 2.36. The Kier molecular flexibility index (Phi) is 3.17. The van der Waals surface area contributed by atoms with Gasteiger partial charge in [0.25, 0.3) is 0 Å². The van der Waals surface area contributed by atoms with Crippen LogP contribution in [0.3, 0.4) is 0 Å². The molecule has 2 atom stereocenters. The smallest absolute Gasteiger partial charge is 0.129 e. The van der Waals surface area contributed by atoms with Crippen LogP contribution in [0.1, 0.15) is 43.4 Å². The number of amidine groups is 1. The Morgan fingerprint density at radius 3 is 2.89 bits per heavy atom. The van der Waals surface area contributed by atoms with Gasteiger partial charge in [0, 0.05) is 23.8 Å². The summed E-state index contributed by atoms with van der Waals surface area (Å²) in [5, 5.41) is 7.61. The molecule has 0 amide bonds. The number of rotatable bonds is 2. The van der Waals surface area contributed by atoms with Crippen molar-refractivity contribution < 1.29 is 0 Å². The molecule has 3 N–H and O–H groups in total. The number of aromatic nitrogens is 1. The minimum Gasteiger partial charge on any atom is -0.384 e. The minimum absolute atomic E-state index is 0.131. The SMILES string of the molecule is Cc1cc(C(=N)N)cc(N2CCC3CCCCC32)n1. The molecule has 1 aromatic heterocycles. The molecule has 4 nitrogen and oxygen atoms in total. The largest absolute Gasteiger partial charge is 0.384 e. The van der Waals surface area contributed by atoms with Crippen LogP contribution in [0.25, 0.3) is 0 Å². The lowest BCUT2D eigenvalue weighted by Crippen LogP contribution is -2.35. The van der Waals surface area contributed by atoms with Crippen LogP contribution in [0.15, 0.2) is 12.1 Å². The van der Waals surface area contributed by atoms with Gasteiger partial charge in [-0.2, -0.15) is 0 Å². The van der Waals surface area contributed by atoms with Crippen LogP contribution in [-0.4, -0.2) is 23.4 Å². The Morgan fingerprint density at radius 1 is 1.32 bits per heavy atom. The zero-order chi connectivity index (χ0) is 13.4. The van der Waals surface area contributed by atoms with Crippen molar-refractivity contribution >= 4 is 11.7 Å². The number of fused-ring (bicyclic) bond motifs is 1. The van der Waals surface area contributed by atoms with Crippen LogP contribution in [0, 0.1) is 18.3 Å². The molecule has 1 saturated heterocycles. The van der Waals surface area contributed by atoms with Gasteiger partial charge < -0.3 is 10.6 Å². The Bertz CT molecular complexity index is 497. The first-order valence-electron chi connectivity index (χ1n) is 7.25. The molecule has 0 radical (unpaired) electrons.